The van der Waals surface area contributed by atoms with Crippen LogP contribution in [0.25, 0.3) is 5.76 Å². The van der Waals surface area contributed by atoms with E-state index in [1.807, 2.05) is 24.3 Å². The van der Waals surface area contributed by atoms with Crippen molar-refractivity contribution in [1.82, 2.24) is 0 Å². The zero-order valence-corrected chi connectivity index (χ0v) is 7.88. The van der Waals surface area contributed by atoms with Crippen molar-refractivity contribution in [2.45, 2.75) is 26.2 Å². The Balaban J connectivity index is 2.30. The normalized spacial score (nSPS) is 15.3. The average molecular weight is 174 g/mol. The van der Waals surface area contributed by atoms with Crippen molar-refractivity contribution in [3.8, 4) is 0 Å². The van der Waals surface area contributed by atoms with Crippen LogP contribution in [-0.2, 0) is 0 Å². The first-order valence-electron chi connectivity index (χ1n) is 4.75. The van der Waals surface area contributed by atoms with Gasteiger partial charge in [-0.25, -0.2) is 0 Å². The van der Waals surface area contributed by atoms with Gasteiger partial charge in [0.1, 0.15) is 5.76 Å². The summed E-state index contributed by atoms with van der Waals surface area (Å²) in [5.41, 5.74) is 3.40. The second-order valence-corrected chi connectivity index (χ2v) is 3.67. The molecule has 1 nitrogen and oxygen atoms in total. The second-order valence-electron chi connectivity index (χ2n) is 3.67. The molecule has 0 atom stereocenters. The molecule has 1 fully saturated rings. The molecule has 1 heteroatoms. The molecule has 0 unspecified atom stereocenters. The van der Waals surface area contributed by atoms with Gasteiger partial charge < -0.3 is 5.11 Å². The van der Waals surface area contributed by atoms with Gasteiger partial charge in [0, 0.05) is 5.56 Å². The van der Waals surface area contributed by atoms with E-state index in [4.69, 9.17) is 0 Å². The molecule has 0 amide bonds. The number of hydrogen-bond acceptors (Lipinski definition) is 1. The van der Waals surface area contributed by atoms with E-state index in [-0.39, 0.29) is 0 Å². The van der Waals surface area contributed by atoms with Crippen LogP contribution in [0.2, 0.25) is 0 Å². The molecule has 1 aliphatic rings. The van der Waals surface area contributed by atoms with E-state index in [2.05, 4.69) is 6.92 Å². The Morgan fingerprint density at radius 3 is 2.23 bits per heavy atom. The van der Waals surface area contributed by atoms with Gasteiger partial charge in [0.15, 0.2) is 0 Å². The van der Waals surface area contributed by atoms with E-state index in [0.29, 0.717) is 5.76 Å². The predicted molar refractivity (Wildman–Crippen MR) is 54.6 cm³/mol. The summed E-state index contributed by atoms with van der Waals surface area (Å²) in [7, 11) is 0. The number of rotatable bonds is 1. The van der Waals surface area contributed by atoms with Crippen LogP contribution in [0.15, 0.2) is 29.8 Å². The summed E-state index contributed by atoms with van der Waals surface area (Å²) in [6.07, 6.45) is 3.37. The van der Waals surface area contributed by atoms with Crippen LogP contribution in [0.5, 0.6) is 0 Å². The quantitative estimate of drug-likeness (QED) is 0.646. The van der Waals surface area contributed by atoms with Gasteiger partial charge in [-0.3, -0.25) is 0 Å². The van der Waals surface area contributed by atoms with Gasteiger partial charge in [-0.2, -0.15) is 0 Å². The van der Waals surface area contributed by atoms with Crippen molar-refractivity contribution in [2.24, 2.45) is 0 Å². The van der Waals surface area contributed by atoms with Gasteiger partial charge in [-0.1, -0.05) is 29.8 Å². The lowest BCUT2D eigenvalue weighted by Crippen LogP contribution is -2.01. The molecule has 0 aromatic heterocycles. The highest BCUT2D eigenvalue weighted by Crippen LogP contribution is 2.31. The number of allylic oxidation sites excluding steroid dienone is 1. The first-order chi connectivity index (χ1) is 6.27. The van der Waals surface area contributed by atoms with Crippen molar-refractivity contribution in [3.05, 3.63) is 41.0 Å². The van der Waals surface area contributed by atoms with Crippen molar-refractivity contribution < 1.29 is 5.11 Å². The minimum atomic E-state index is 0.506. The number of aliphatic hydroxyl groups is 1. The number of hydrogen-bond donors (Lipinski definition) is 1. The summed E-state index contributed by atoms with van der Waals surface area (Å²) >= 11 is 0. The number of benzene rings is 1. The molecular weight excluding hydrogens is 160 g/mol. The first kappa shape index (κ1) is 8.36. The monoisotopic (exact) mass is 174 g/mol. The highest BCUT2D eigenvalue weighted by atomic mass is 16.3. The van der Waals surface area contributed by atoms with Crippen LogP contribution in [0.4, 0.5) is 0 Å². The minimum Gasteiger partial charge on any atom is -0.507 e. The minimum absolute atomic E-state index is 0.506. The molecule has 13 heavy (non-hydrogen) atoms. The fourth-order valence-electron chi connectivity index (χ4n) is 1.51. The Morgan fingerprint density at radius 2 is 1.77 bits per heavy atom. The van der Waals surface area contributed by atoms with E-state index in [1.165, 1.54) is 17.6 Å². The first-order valence-corrected chi connectivity index (χ1v) is 4.75. The number of aliphatic hydroxyl groups excluding tert-OH is 1. The molecule has 2 rings (SSSR count). The molecule has 0 spiro atoms. The summed E-state index contributed by atoms with van der Waals surface area (Å²) < 4.78 is 0. The summed E-state index contributed by atoms with van der Waals surface area (Å²) in [6.45, 7) is 2.05. The zero-order valence-electron chi connectivity index (χ0n) is 7.88. The van der Waals surface area contributed by atoms with E-state index < -0.39 is 0 Å². The molecule has 1 aliphatic carbocycles. The molecule has 0 aliphatic heterocycles. The summed E-state index contributed by atoms with van der Waals surface area (Å²) in [6, 6.07) is 8.03. The zero-order chi connectivity index (χ0) is 9.26. The molecule has 1 saturated carbocycles. The van der Waals surface area contributed by atoms with Crippen LogP contribution in [0.1, 0.15) is 30.4 Å². The third-order valence-corrected chi connectivity index (χ3v) is 2.62. The van der Waals surface area contributed by atoms with Gasteiger partial charge in [-0.05, 0) is 31.8 Å². The molecule has 68 valence electrons. The van der Waals surface area contributed by atoms with Gasteiger partial charge in [-0.15, -0.1) is 0 Å². The Labute approximate surface area is 78.7 Å². The third kappa shape index (κ3) is 1.59. The van der Waals surface area contributed by atoms with Gasteiger partial charge >= 0.3 is 0 Å². The molecule has 1 aromatic carbocycles. The van der Waals surface area contributed by atoms with Crippen molar-refractivity contribution in [3.63, 3.8) is 0 Å². The smallest absolute Gasteiger partial charge is 0.121 e. The van der Waals surface area contributed by atoms with E-state index in [1.54, 1.807) is 0 Å². The van der Waals surface area contributed by atoms with E-state index in [0.717, 1.165) is 18.4 Å². The van der Waals surface area contributed by atoms with Gasteiger partial charge in [0.05, 0.1) is 0 Å². The molecule has 0 radical (unpaired) electrons. The molecule has 1 N–H and O–H groups in total. The lowest BCUT2D eigenvalue weighted by Gasteiger charge is -2.18. The van der Waals surface area contributed by atoms with Crippen molar-refractivity contribution in [1.29, 1.82) is 0 Å². The van der Waals surface area contributed by atoms with Crippen LogP contribution < -0.4 is 0 Å². The summed E-state index contributed by atoms with van der Waals surface area (Å²) in [4.78, 5) is 0. The number of aryl methyl sites for hydroxylation is 1. The van der Waals surface area contributed by atoms with Gasteiger partial charge in [0.2, 0.25) is 0 Å². The van der Waals surface area contributed by atoms with Crippen LogP contribution in [-0.4, -0.2) is 5.11 Å². The van der Waals surface area contributed by atoms with E-state index in [9.17, 15) is 5.11 Å². The second kappa shape index (κ2) is 3.25. The molecule has 0 bridgehead atoms. The highest BCUT2D eigenvalue weighted by Gasteiger charge is 2.14. The van der Waals surface area contributed by atoms with E-state index >= 15 is 0 Å². The van der Waals surface area contributed by atoms with Crippen molar-refractivity contribution in [2.75, 3.05) is 0 Å². The molecule has 0 saturated heterocycles. The Kier molecular flexibility index (Phi) is 2.09. The molecule has 0 heterocycles. The maximum Gasteiger partial charge on any atom is 0.121 e. The summed E-state index contributed by atoms with van der Waals surface area (Å²) in [5.74, 6) is 0.506. The SMILES string of the molecule is Cc1ccc(C(O)=C2CCC2)cc1. The maximum absolute atomic E-state index is 9.81. The average Bonchev–Trinajstić information content (AvgIpc) is 2.02. The molecular formula is C12H14O. The molecule has 1 aromatic rings. The topological polar surface area (TPSA) is 20.2 Å². The van der Waals surface area contributed by atoms with Crippen LogP contribution >= 0.6 is 0 Å². The fraction of sp³-hybridized carbons (Fsp3) is 0.333. The Bertz CT molecular complexity index is 327. The van der Waals surface area contributed by atoms with Crippen LogP contribution in [0, 0.1) is 6.92 Å². The Morgan fingerprint density at radius 1 is 1.15 bits per heavy atom. The van der Waals surface area contributed by atoms with Crippen molar-refractivity contribution >= 4 is 5.76 Å². The van der Waals surface area contributed by atoms with Crippen LogP contribution in [0.3, 0.4) is 0 Å². The standard InChI is InChI=1S/C12H14O/c1-9-5-7-11(8-6-9)12(13)10-3-2-4-10/h5-8,13H,2-4H2,1H3. The lowest BCUT2D eigenvalue weighted by molar-refractivity contribution is 0.486. The lowest BCUT2D eigenvalue weighted by atomic mass is 9.89. The summed E-state index contributed by atoms with van der Waals surface area (Å²) in [5, 5.41) is 9.81. The maximum atomic E-state index is 9.81. The largest absolute Gasteiger partial charge is 0.507 e. The fourth-order valence-corrected chi connectivity index (χ4v) is 1.51. The van der Waals surface area contributed by atoms with Gasteiger partial charge in [0.25, 0.3) is 0 Å². The third-order valence-electron chi connectivity index (χ3n) is 2.62. The Hall–Kier alpha value is -1.24. The predicted octanol–water partition coefficient (Wildman–Crippen LogP) is 3.45. The highest BCUT2D eigenvalue weighted by molar-refractivity contribution is 5.63.